The van der Waals surface area contributed by atoms with Crippen LogP contribution in [-0.2, 0) is 10.2 Å². The molecule has 0 fully saturated rings. The van der Waals surface area contributed by atoms with Gasteiger partial charge in [0.25, 0.3) is 0 Å². The second-order valence-corrected chi connectivity index (χ2v) is 4.73. The van der Waals surface area contributed by atoms with Crippen LogP contribution in [0, 0.1) is 10.1 Å². The van der Waals surface area contributed by atoms with E-state index >= 15 is 0 Å². The molecule has 0 aliphatic carbocycles. The molecule has 0 amide bonds. The first-order chi connectivity index (χ1) is 6.37. The van der Waals surface area contributed by atoms with E-state index in [4.69, 9.17) is 0 Å². The molecule has 1 rings (SSSR count). The second kappa shape index (κ2) is 3.39. The van der Waals surface area contributed by atoms with E-state index < -0.39 is 21.0 Å². The van der Waals surface area contributed by atoms with Crippen molar-refractivity contribution in [3.8, 4) is 0 Å². The average Bonchev–Trinajstić information content (AvgIpc) is 2.51. The molecule has 0 bridgehead atoms. The maximum Gasteiger partial charge on any atom is 0.379 e. The van der Waals surface area contributed by atoms with Crippen LogP contribution in [0.4, 0.5) is 5.82 Å². The van der Waals surface area contributed by atoms with Gasteiger partial charge in [-0.05, 0) is 11.0 Å². The van der Waals surface area contributed by atoms with Gasteiger partial charge < -0.3 is 10.1 Å². The van der Waals surface area contributed by atoms with Gasteiger partial charge in [0.15, 0.2) is 0 Å². The number of aromatic nitrogens is 1. The van der Waals surface area contributed by atoms with E-state index in [0.29, 0.717) is 3.97 Å². The summed E-state index contributed by atoms with van der Waals surface area (Å²) < 4.78 is 24.5. The first-order valence-electron chi connectivity index (χ1n) is 3.62. The molecule has 0 saturated heterocycles. The maximum atomic E-state index is 11.5. The summed E-state index contributed by atoms with van der Waals surface area (Å²) in [7, 11) is -1.19. The molecule has 0 radical (unpaired) electrons. The molecule has 0 aliphatic heterocycles. The highest BCUT2D eigenvalue weighted by molar-refractivity contribution is 7.87. The lowest BCUT2D eigenvalue weighted by molar-refractivity contribution is -0.390. The van der Waals surface area contributed by atoms with Crippen molar-refractivity contribution in [2.24, 2.45) is 0 Å². The van der Waals surface area contributed by atoms with Crippen molar-refractivity contribution in [1.29, 1.82) is 0 Å². The fourth-order valence-electron chi connectivity index (χ4n) is 0.869. The van der Waals surface area contributed by atoms with Crippen molar-refractivity contribution >= 4 is 16.0 Å². The summed E-state index contributed by atoms with van der Waals surface area (Å²) in [5.74, 6) is -0.473. The monoisotopic (exact) mass is 219 g/mol. The van der Waals surface area contributed by atoms with Gasteiger partial charge >= 0.3 is 16.0 Å². The third kappa shape index (κ3) is 1.61. The molecule has 1 aromatic rings. The topological polar surface area (TPSA) is 85.5 Å². The quantitative estimate of drug-likeness (QED) is 0.531. The van der Waals surface area contributed by atoms with E-state index in [-0.39, 0.29) is 0 Å². The Morgan fingerprint density at radius 3 is 2.50 bits per heavy atom. The van der Waals surface area contributed by atoms with E-state index in [9.17, 15) is 18.5 Å². The van der Waals surface area contributed by atoms with Crippen molar-refractivity contribution in [3.05, 3.63) is 28.4 Å². The molecule has 0 atom stereocenters. The molecule has 14 heavy (non-hydrogen) atoms. The molecule has 0 unspecified atom stereocenters. The molecule has 7 nitrogen and oxygen atoms in total. The van der Waals surface area contributed by atoms with Gasteiger partial charge in [0.2, 0.25) is 0 Å². The number of rotatable bonds is 3. The molecule has 78 valence electrons. The highest BCUT2D eigenvalue weighted by Crippen LogP contribution is 2.15. The molecule has 8 heteroatoms. The summed E-state index contributed by atoms with van der Waals surface area (Å²) in [6.45, 7) is 0. The summed E-state index contributed by atoms with van der Waals surface area (Å²) in [6, 6.07) is 2.43. The third-order valence-electron chi connectivity index (χ3n) is 1.59. The standard InChI is InChI=1S/C6H9N3O4S/c1-7(2)14(12,13)8-5-3-4-6(8)9(10)11/h3-5H,1-2H3. The zero-order valence-corrected chi connectivity index (χ0v) is 8.43. The van der Waals surface area contributed by atoms with Crippen LogP contribution in [0.15, 0.2) is 18.3 Å². The number of nitro groups is 1. The van der Waals surface area contributed by atoms with Gasteiger partial charge in [0.05, 0.1) is 0 Å². The summed E-state index contributed by atoms with van der Waals surface area (Å²) >= 11 is 0. The minimum atomic E-state index is -3.80. The molecular weight excluding hydrogens is 210 g/mol. The van der Waals surface area contributed by atoms with Crippen LogP contribution >= 0.6 is 0 Å². The van der Waals surface area contributed by atoms with Crippen LogP contribution in [0.3, 0.4) is 0 Å². The molecule has 0 saturated carbocycles. The van der Waals surface area contributed by atoms with Gasteiger partial charge in [-0.15, -0.1) is 3.97 Å². The van der Waals surface area contributed by atoms with Gasteiger partial charge in [-0.2, -0.15) is 12.7 Å². The van der Waals surface area contributed by atoms with Crippen molar-refractivity contribution in [1.82, 2.24) is 8.28 Å². The molecule has 0 N–H and O–H groups in total. The number of hydrogen-bond acceptors (Lipinski definition) is 4. The number of hydrogen-bond donors (Lipinski definition) is 0. The summed E-state index contributed by atoms with van der Waals surface area (Å²) in [5.41, 5.74) is 0. The largest absolute Gasteiger partial charge is 0.379 e. The first-order valence-corrected chi connectivity index (χ1v) is 5.02. The lowest BCUT2D eigenvalue weighted by Gasteiger charge is -2.08. The van der Waals surface area contributed by atoms with Gasteiger partial charge in [-0.3, -0.25) is 0 Å². The Kier molecular flexibility index (Phi) is 2.58. The first kappa shape index (κ1) is 10.7. The van der Waals surface area contributed by atoms with Gasteiger partial charge in [-0.1, -0.05) is 0 Å². The molecular formula is C6H9N3O4S. The lowest BCUT2D eigenvalue weighted by atomic mass is 10.6. The molecule has 0 aromatic carbocycles. The Balaban J connectivity index is 3.34. The smallest absolute Gasteiger partial charge is 0.358 e. The van der Waals surface area contributed by atoms with Crippen LogP contribution in [0.1, 0.15) is 0 Å². The Morgan fingerprint density at radius 1 is 1.50 bits per heavy atom. The summed E-state index contributed by atoms with van der Waals surface area (Å²) in [6.07, 6.45) is 1.13. The number of nitrogens with zero attached hydrogens (tertiary/aromatic N) is 3. The van der Waals surface area contributed by atoms with Crippen molar-refractivity contribution < 1.29 is 13.3 Å². The minimum Gasteiger partial charge on any atom is -0.358 e. The van der Waals surface area contributed by atoms with E-state index in [1.54, 1.807) is 0 Å². The van der Waals surface area contributed by atoms with Crippen molar-refractivity contribution in [2.75, 3.05) is 14.1 Å². The third-order valence-corrected chi connectivity index (χ3v) is 3.32. The van der Waals surface area contributed by atoms with Gasteiger partial charge in [0.1, 0.15) is 6.20 Å². The van der Waals surface area contributed by atoms with E-state index in [1.807, 2.05) is 0 Å². The molecule has 0 spiro atoms. The Morgan fingerprint density at radius 2 is 2.07 bits per heavy atom. The van der Waals surface area contributed by atoms with Gasteiger partial charge in [-0.25, -0.2) is 0 Å². The average molecular weight is 219 g/mol. The van der Waals surface area contributed by atoms with E-state index in [1.165, 1.54) is 20.2 Å². The van der Waals surface area contributed by atoms with E-state index in [2.05, 4.69) is 0 Å². The lowest BCUT2D eigenvalue weighted by Crippen LogP contribution is -2.28. The van der Waals surface area contributed by atoms with Crippen LogP contribution in [0.2, 0.25) is 0 Å². The normalized spacial score (nSPS) is 11.9. The SMILES string of the molecule is CN(C)S(=O)(=O)n1cccc1[N+](=O)[O-]. The minimum absolute atomic E-state index is 0.473. The second-order valence-electron chi connectivity index (χ2n) is 2.71. The Labute approximate surface area is 80.9 Å². The van der Waals surface area contributed by atoms with Crippen LogP contribution in [-0.4, -0.2) is 35.7 Å². The molecule has 1 heterocycles. The maximum absolute atomic E-state index is 11.5. The zero-order valence-electron chi connectivity index (χ0n) is 7.61. The van der Waals surface area contributed by atoms with Gasteiger partial charge in [0, 0.05) is 20.2 Å². The van der Waals surface area contributed by atoms with Crippen LogP contribution in [0.5, 0.6) is 0 Å². The van der Waals surface area contributed by atoms with Crippen molar-refractivity contribution in [2.45, 2.75) is 0 Å². The molecule has 0 aliphatic rings. The predicted molar refractivity (Wildman–Crippen MR) is 49.1 cm³/mol. The fourth-order valence-corrected chi connectivity index (χ4v) is 1.81. The van der Waals surface area contributed by atoms with Crippen LogP contribution in [0.25, 0.3) is 0 Å². The Hall–Kier alpha value is -1.41. The highest BCUT2D eigenvalue weighted by Gasteiger charge is 2.27. The Bertz CT molecular complexity index is 447. The zero-order chi connectivity index (χ0) is 10.9. The fraction of sp³-hybridized carbons (Fsp3) is 0.333. The predicted octanol–water partition coefficient (Wildman–Crippen LogP) is 0.0508. The highest BCUT2D eigenvalue weighted by atomic mass is 32.2. The summed E-state index contributed by atoms with van der Waals surface area (Å²) in [5, 5.41) is 10.5. The van der Waals surface area contributed by atoms with E-state index in [0.717, 1.165) is 16.6 Å². The van der Waals surface area contributed by atoms with Crippen LogP contribution < -0.4 is 0 Å². The molecule has 1 aromatic heterocycles. The summed E-state index contributed by atoms with van der Waals surface area (Å²) in [4.78, 5) is 9.70. The van der Waals surface area contributed by atoms with Crippen molar-refractivity contribution in [3.63, 3.8) is 0 Å².